The summed E-state index contributed by atoms with van der Waals surface area (Å²) in [5.41, 5.74) is 2.16. The Morgan fingerprint density at radius 3 is 2.25 bits per heavy atom. The van der Waals surface area contributed by atoms with E-state index in [2.05, 4.69) is 6.58 Å². The third kappa shape index (κ3) is 2.94. The third-order valence-electron chi connectivity index (χ3n) is 3.07. The topological polar surface area (TPSA) is 34.1 Å². The Kier molecular flexibility index (Phi) is 4.30. The molecule has 2 rings (SSSR count). The van der Waals surface area contributed by atoms with Crippen LogP contribution in [0.1, 0.15) is 18.1 Å². The van der Waals surface area contributed by atoms with Gasteiger partial charge in [0.2, 0.25) is 0 Å². The molecule has 0 saturated heterocycles. The van der Waals surface area contributed by atoms with Gasteiger partial charge in [-0.2, -0.15) is 0 Å². The molecule has 1 atom stereocenters. The number of rotatable bonds is 4. The van der Waals surface area contributed by atoms with E-state index >= 15 is 0 Å². The minimum Gasteiger partial charge on any atom is -0.295 e. The number of Topliss-reactive ketones (excluding diaryl/α,β-unsaturated/α-hetero) is 1. The smallest absolute Gasteiger partial charge is 0.159 e. The zero-order chi connectivity index (χ0) is 14.7. The minimum atomic E-state index is -1.32. The molecule has 0 aliphatic rings. The van der Waals surface area contributed by atoms with E-state index in [1.807, 2.05) is 43.3 Å². The van der Waals surface area contributed by atoms with Crippen molar-refractivity contribution >= 4 is 22.2 Å². The second kappa shape index (κ2) is 5.97. The van der Waals surface area contributed by atoms with Gasteiger partial charge in [0, 0.05) is 16.0 Å². The highest BCUT2D eigenvalue weighted by atomic mass is 32.2. The molecule has 2 aromatic rings. The van der Waals surface area contributed by atoms with Crippen LogP contribution in [0.3, 0.4) is 0 Å². The molecule has 0 saturated carbocycles. The standard InChI is InChI=1S/C17H16O2S/c1-12-8-10-15(11-9-12)20(19)17-7-5-4-6-16(17)13(2)14(3)18/h4-11H,2H2,1,3H3/t20-/m0/s1. The number of allylic oxidation sites excluding steroid dienone is 1. The van der Waals surface area contributed by atoms with Crippen LogP contribution in [0.25, 0.3) is 5.57 Å². The molecule has 0 aliphatic heterocycles. The lowest BCUT2D eigenvalue weighted by atomic mass is 10.0. The van der Waals surface area contributed by atoms with Gasteiger partial charge in [0.25, 0.3) is 0 Å². The molecule has 20 heavy (non-hydrogen) atoms. The Morgan fingerprint density at radius 1 is 1.05 bits per heavy atom. The van der Waals surface area contributed by atoms with Crippen molar-refractivity contribution in [3.8, 4) is 0 Å². The molecule has 0 aliphatic carbocycles. The Labute approximate surface area is 121 Å². The van der Waals surface area contributed by atoms with E-state index in [4.69, 9.17) is 0 Å². The summed E-state index contributed by atoms with van der Waals surface area (Å²) in [6.45, 7) is 7.24. The number of benzene rings is 2. The predicted octanol–water partition coefficient (Wildman–Crippen LogP) is 3.76. The Morgan fingerprint density at radius 2 is 1.65 bits per heavy atom. The highest BCUT2D eigenvalue weighted by molar-refractivity contribution is 7.85. The molecule has 2 nitrogen and oxygen atoms in total. The molecule has 0 heterocycles. The molecule has 0 radical (unpaired) electrons. The molecule has 0 spiro atoms. The molecular formula is C17H16O2S. The number of carbonyl (C=O) groups excluding carboxylic acids is 1. The van der Waals surface area contributed by atoms with Gasteiger partial charge in [-0.15, -0.1) is 0 Å². The summed E-state index contributed by atoms with van der Waals surface area (Å²) >= 11 is 0. The fourth-order valence-corrected chi connectivity index (χ4v) is 3.09. The van der Waals surface area contributed by atoms with E-state index in [0.29, 0.717) is 16.0 Å². The van der Waals surface area contributed by atoms with Crippen LogP contribution in [-0.2, 0) is 15.6 Å². The summed E-state index contributed by atoms with van der Waals surface area (Å²) in [5.74, 6) is -0.113. The second-order valence-corrected chi connectivity index (χ2v) is 6.06. The van der Waals surface area contributed by atoms with Crippen molar-refractivity contribution in [3.63, 3.8) is 0 Å². The maximum absolute atomic E-state index is 12.7. The first-order chi connectivity index (χ1) is 9.50. The van der Waals surface area contributed by atoms with Gasteiger partial charge in [-0.3, -0.25) is 4.79 Å². The van der Waals surface area contributed by atoms with Gasteiger partial charge in [0.05, 0.1) is 15.7 Å². The summed E-state index contributed by atoms with van der Waals surface area (Å²) in [4.78, 5) is 12.8. The molecule has 102 valence electrons. The third-order valence-corrected chi connectivity index (χ3v) is 4.53. The van der Waals surface area contributed by atoms with Crippen LogP contribution in [0.4, 0.5) is 0 Å². The Hall–Kier alpha value is -2.00. The highest BCUT2D eigenvalue weighted by Crippen LogP contribution is 2.25. The van der Waals surface area contributed by atoms with Gasteiger partial charge in [-0.05, 0) is 32.0 Å². The predicted molar refractivity (Wildman–Crippen MR) is 82.0 cm³/mol. The SMILES string of the molecule is C=C(C(C)=O)c1ccccc1[S@@](=O)c1ccc(C)cc1. The lowest BCUT2D eigenvalue weighted by Crippen LogP contribution is -2.02. The quantitative estimate of drug-likeness (QED) is 0.801. The zero-order valence-corrected chi connectivity index (χ0v) is 12.4. The van der Waals surface area contributed by atoms with E-state index < -0.39 is 10.8 Å². The normalized spacial score (nSPS) is 11.9. The van der Waals surface area contributed by atoms with Crippen molar-refractivity contribution in [1.29, 1.82) is 0 Å². The van der Waals surface area contributed by atoms with Crippen molar-refractivity contribution in [2.75, 3.05) is 0 Å². The summed E-state index contributed by atoms with van der Waals surface area (Å²) in [7, 11) is -1.32. The molecule has 2 aromatic carbocycles. The zero-order valence-electron chi connectivity index (χ0n) is 11.6. The van der Waals surface area contributed by atoms with E-state index in [0.717, 1.165) is 10.5 Å². The summed E-state index contributed by atoms with van der Waals surface area (Å²) in [5, 5.41) is 0. The fourth-order valence-electron chi connectivity index (χ4n) is 1.86. The first kappa shape index (κ1) is 14.4. The van der Waals surface area contributed by atoms with E-state index in [1.165, 1.54) is 6.92 Å². The van der Waals surface area contributed by atoms with Crippen LogP contribution in [0.15, 0.2) is 64.9 Å². The number of ketones is 1. The van der Waals surface area contributed by atoms with E-state index in [1.54, 1.807) is 12.1 Å². The van der Waals surface area contributed by atoms with Crippen molar-refractivity contribution < 1.29 is 9.00 Å². The molecule has 0 amide bonds. The largest absolute Gasteiger partial charge is 0.295 e. The van der Waals surface area contributed by atoms with Gasteiger partial charge in [-0.25, -0.2) is 4.21 Å². The summed E-state index contributed by atoms with van der Waals surface area (Å²) in [6.07, 6.45) is 0. The molecule has 0 unspecified atom stereocenters. The molecular weight excluding hydrogens is 268 g/mol. The van der Waals surface area contributed by atoms with Crippen molar-refractivity contribution in [2.45, 2.75) is 23.6 Å². The van der Waals surface area contributed by atoms with Crippen LogP contribution < -0.4 is 0 Å². The second-order valence-electron chi connectivity index (χ2n) is 4.61. The van der Waals surface area contributed by atoms with Gasteiger partial charge in [0.1, 0.15) is 0 Å². The minimum absolute atomic E-state index is 0.113. The monoisotopic (exact) mass is 284 g/mol. The lowest BCUT2D eigenvalue weighted by Gasteiger charge is -2.10. The number of carbonyl (C=O) groups is 1. The van der Waals surface area contributed by atoms with Gasteiger partial charge in [0.15, 0.2) is 5.78 Å². The van der Waals surface area contributed by atoms with E-state index in [9.17, 15) is 9.00 Å². The molecule has 0 bridgehead atoms. The van der Waals surface area contributed by atoms with Crippen LogP contribution in [0.2, 0.25) is 0 Å². The first-order valence-corrected chi connectivity index (χ1v) is 7.43. The average molecular weight is 284 g/mol. The summed E-state index contributed by atoms with van der Waals surface area (Å²) in [6, 6.07) is 14.7. The lowest BCUT2D eigenvalue weighted by molar-refractivity contribution is -0.111. The van der Waals surface area contributed by atoms with Crippen LogP contribution >= 0.6 is 0 Å². The van der Waals surface area contributed by atoms with E-state index in [-0.39, 0.29) is 5.78 Å². The molecule has 3 heteroatoms. The van der Waals surface area contributed by atoms with Crippen LogP contribution in [0.5, 0.6) is 0 Å². The average Bonchev–Trinajstić information content (AvgIpc) is 2.46. The number of aryl methyl sites for hydroxylation is 1. The maximum atomic E-state index is 12.7. The molecule has 0 fully saturated rings. The van der Waals surface area contributed by atoms with Crippen molar-refractivity contribution in [1.82, 2.24) is 0 Å². The van der Waals surface area contributed by atoms with Crippen LogP contribution in [0, 0.1) is 6.92 Å². The number of hydrogen-bond donors (Lipinski definition) is 0. The maximum Gasteiger partial charge on any atom is 0.159 e. The number of hydrogen-bond acceptors (Lipinski definition) is 2. The molecule has 0 N–H and O–H groups in total. The van der Waals surface area contributed by atoms with Crippen molar-refractivity contribution in [3.05, 3.63) is 66.2 Å². The Bertz CT molecular complexity index is 684. The van der Waals surface area contributed by atoms with Crippen molar-refractivity contribution in [2.24, 2.45) is 0 Å². The highest BCUT2D eigenvalue weighted by Gasteiger charge is 2.15. The van der Waals surface area contributed by atoms with Gasteiger partial charge in [-0.1, -0.05) is 42.5 Å². The van der Waals surface area contributed by atoms with Gasteiger partial charge < -0.3 is 0 Å². The van der Waals surface area contributed by atoms with Gasteiger partial charge >= 0.3 is 0 Å². The van der Waals surface area contributed by atoms with Crippen LogP contribution in [-0.4, -0.2) is 9.99 Å². The Balaban J connectivity index is 2.47. The summed E-state index contributed by atoms with van der Waals surface area (Å²) < 4.78 is 12.7. The molecule has 0 aromatic heterocycles. The fraction of sp³-hybridized carbons (Fsp3) is 0.118. The first-order valence-electron chi connectivity index (χ1n) is 6.28.